The summed E-state index contributed by atoms with van der Waals surface area (Å²) in [6.07, 6.45) is 0. The van der Waals surface area contributed by atoms with Gasteiger partial charge in [0.1, 0.15) is 0 Å². The fourth-order valence-corrected chi connectivity index (χ4v) is 3.90. The van der Waals surface area contributed by atoms with Crippen molar-refractivity contribution in [1.82, 2.24) is 9.71 Å². The number of aromatic nitrogens is 1. The lowest BCUT2D eigenvalue weighted by atomic mass is 10.2. The average Bonchev–Trinajstić information content (AvgIpc) is 2.76. The number of hydrogen-bond acceptors (Lipinski definition) is 5. The van der Waals surface area contributed by atoms with Gasteiger partial charge in [-0.15, -0.1) is 0 Å². The second kappa shape index (κ2) is 6.08. The summed E-state index contributed by atoms with van der Waals surface area (Å²) in [6, 6.07) is 4.73. The SMILES string of the molecule is CC(=O)Nc1nc2ccc(S(=O)(=O)NCC(C)C)cc2s1. The molecule has 0 unspecified atom stereocenters. The smallest absolute Gasteiger partial charge is 0.240 e. The molecule has 2 aromatic rings. The number of amides is 1. The van der Waals surface area contributed by atoms with Gasteiger partial charge in [0.25, 0.3) is 0 Å². The fraction of sp³-hybridized carbons (Fsp3) is 0.385. The summed E-state index contributed by atoms with van der Waals surface area (Å²) in [5, 5.41) is 3.06. The molecule has 1 amide bonds. The minimum Gasteiger partial charge on any atom is -0.302 e. The van der Waals surface area contributed by atoms with Crippen molar-refractivity contribution in [2.45, 2.75) is 25.7 Å². The molecule has 1 heterocycles. The Labute approximate surface area is 127 Å². The number of sulfonamides is 1. The Kier molecular flexibility index (Phi) is 4.60. The molecule has 0 aliphatic carbocycles. The van der Waals surface area contributed by atoms with Crippen LogP contribution >= 0.6 is 11.3 Å². The van der Waals surface area contributed by atoms with Crippen LogP contribution in [0, 0.1) is 5.92 Å². The number of carbonyl (C=O) groups is 1. The van der Waals surface area contributed by atoms with Gasteiger partial charge in [-0.1, -0.05) is 25.2 Å². The molecule has 6 nitrogen and oxygen atoms in total. The second-order valence-electron chi connectivity index (χ2n) is 5.08. The number of benzene rings is 1. The molecule has 0 saturated carbocycles. The van der Waals surface area contributed by atoms with E-state index in [1.165, 1.54) is 24.3 Å². The van der Waals surface area contributed by atoms with E-state index in [0.717, 1.165) is 0 Å². The van der Waals surface area contributed by atoms with Crippen LogP contribution in [0.2, 0.25) is 0 Å². The molecule has 21 heavy (non-hydrogen) atoms. The maximum absolute atomic E-state index is 12.2. The molecular weight excluding hydrogens is 310 g/mol. The van der Waals surface area contributed by atoms with Crippen LogP contribution in [0.3, 0.4) is 0 Å². The van der Waals surface area contributed by atoms with Crippen molar-refractivity contribution in [3.05, 3.63) is 18.2 Å². The third kappa shape index (κ3) is 3.99. The highest BCUT2D eigenvalue weighted by Crippen LogP contribution is 2.28. The van der Waals surface area contributed by atoms with Crippen molar-refractivity contribution in [2.75, 3.05) is 11.9 Å². The summed E-state index contributed by atoms with van der Waals surface area (Å²) in [5.41, 5.74) is 0.659. The van der Waals surface area contributed by atoms with Crippen LogP contribution in [0.5, 0.6) is 0 Å². The quantitative estimate of drug-likeness (QED) is 0.881. The maximum atomic E-state index is 12.2. The van der Waals surface area contributed by atoms with Crippen molar-refractivity contribution in [1.29, 1.82) is 0 Å². The van der Waals surface area contributed by atoms with Crippen LogP contribution in [-0.4, -0.2) is 25.9 Å². The summed E-state index contributed by atoms with van der Waals surface area (Å²) in [7, 11) is -3.52. The van der Waals surface area contributed by atoms with Crippen LogP contribution in [-0.2, 0) is 14.8 Å². The molecule has 114 valence electrons. The molecule has 0 saturated heterocycles. The van der Waals surface area contributed by atoms with Crippen molar-refractivity contribution < 1.29 is 13.2 Å². The van der Waals surface area contributed by atoms with Gasteiger partial charge < -0.3 is 5.32 Å². The second-order valence-corrected chi connectivity index (χ2v) is 7.87. The normalized spacial score (nSPS) is 12.0. The van der Waals surface area contributed by atoms with E-state index >= 15 is 0 Å². The van der Waals surface area contributed by atoms with Crippen molar-refractivity contribution in [2.24, 2.45) is 5.92 Å². The first-order valence-electron chi connectivity index (χ1n) is 6.46. The molecule has 0 aliphatic rings. The number of anilines is 1. The van der Waals surface area contributed by atoms with Crippen LogP contribution in [0.25, 0.3) is 10.2 Å². The molecule has 8 heteroatoms. The highest BCUT2D eigenvalue weighted by molar-refractivity contribution is 7.89. The van der Waals surface area contributed by atoms with Gasteiger partial charge in [0.15, 0.2) is 5.13 Å². The minimum absolute atomic E-state index is 0.202. The zero-order valence-electron chi connectivity index (χ0n) is 12.0. The van der Waals surface area contributed by atoms with Crippen LogP contribution in [0.4, 0.5) is 5.13 Å². The zero-order valence-corrected chi connectivity index (χ0v) is 13.6. The first-order chi connectivity index (χ1) is 9.78. The van der Waals surface area contributed by atoms with Crippen LogP contribution < -0.4 is 10.0 Å². The Hall–Kier alpha value is -1.51. The number of fused-ring (bicyclic) bond motifs is 1. The van der Waals surface area contributed by atoms with E-state index in [-0.39, 0.29) is 16.7 Å². The van der Waals surface area contributed by atoms with Crippen molar-refractivity contribution in [3.63, 3.8) is 0 Å². The first kappa shape index (κ1) is 15.9. The van der Waals surface area contributed by atoms with Crippen molar-refractivity contribution in [3.8, 4) is 0 Å². The number of thiazole rings is 1. The number of carbonyl (C=O) groups excluding carboxylic acids is 1. The molecule has 2 rings (SSSR count). The lowest BCUT2D eigenvalue weighted by Crippen LogP contribution is -2.27. The first-order valence-corrected chi connectivity index (χ1v) is 8.76. The highest BCUT2D eigenvalue weighted by Gasteiger charge is 2.16. The molecule has 0 spiro atoms. The lowest BCUT2D eigenvalue weighted by Gasteiger charge is -2.08. The topological polar surface area (TPSA) is 88.2 Å². The van der Waals surface area contributed by atoms with E-state index in [9.17, 15) is 13.2 Å². The largest absolute Gasteiger partial charge is 0.302 e. The lowest BCUT2D eigenvalue weighted by molar-refractivity contribution is -0.114. The van der Waals surface area contributed by atoms with Gasteiger partial charge >= 0.3 is 0 Å². The van der Waals surface area contributed by atoms with E-state index in [1.807, 2.05) is 13.8 Å². The van der Waals surface area contributed by atoms with Crippen LogP contribution in [0.15, 0.2) is 23.1 Å². The Balaban J connectivity index is 2.31. The summed E-state index contributed by atoms with van der Waals surface area (Å²) in [6.45, 7) is 5.67. The van der Waals surface area contributed by atoms with Gasteiger partial charge in [-0.2, -0.15) is 0 Å². The minimum atomic E-state index is -3.52. The predicted molar refractivity (Wildman–Crippen MR) is 84.0 cm³/mol. The predicted octanol–water partition coefficient (Wildman–Crippen LogP) is 2.19. The van der Waals surface area contributed by atoms with Crippen LogP contribution in [0.1, 0.15) is 20.8 Å². The van der Waals surface area contributed by atoms with E-state index in [1.54, 1.807) is 12.1 Å². The van der Waals surface area contributed by atoms with E-state index in [0.29, 0.717) is 21.9 Å². The fourth-order valence-electron chi connectivity index (χ4n) is 1.64. The van der Waals surface area contributed by atoms with Gasteiger partial charge in [-0.3, -0.25) is 4.79 Å². The third-order valence-electron chi connectivity index (χ3n) is 2.63. The molecule has 0 bridgehead atoms. The van der Waals surface area contributed by atoms with Gasteiger partial charge in [0, 0.05) is 13.5 Å². The van der Waals surface area contributed by atoms with Gasteiger partial charge in [-0.25, -0.2) is 18.1 Å². The number of hydrogen-bond donors (Lipinski definition) is 2. The standard InChI is InChI=1S/C13H17N3O3S2/c1-8(2)7-14-21(18,19)10-4-5-11-12(6-10)20-13(16-11)15-9(3)17/h4-6,8,14H,7H2,1-3H3,(H,15,16,17). The summed E-state index contributed by atoms with van der Waals surface area (Å²) in [4.78, 5) is 15.4. The maximum Gasteiger partial charge on any atom is 0.240 e. The molecular formula is C13H17N3O3S2. The molecule has 0 aliphatic heterocycles. The zero-order chi connectivity index (χ0) is 15.6. The molecule has 1 aromatic heterocycles. The Morgan fingerprint density at radius 2 is 2.10 bits per heavy atom. The molecule has 0 fully saturated rings. The van der Waals surface area contributed by atoms with Gasteiger partial charge in [0.05, 0.1) is 15.1 Å². The monoisotopic (exact) mass is 327 g/mol. The summed E-state index contributed by atoms with van der Waals surface area (Å²) >= 11 is 1.24. The average molecular weight is 327 g/mol. The summed E-state index contributed by atoms with van der Waals surface area (Å²) in [5.74, 6) is 0.0266. The third-order valence-corrected chi connectivity index (χ3v) is 4.99. The number of nitrogens with zero attached hydrogens (tertiary/aromatic N) is 1. The summed E-state index contributed by atoms with van der Waals surface area (Å²) < 4.78 is 27.6. The molecule has 0 radical (unpaired) electrons. The molecule has 0 atom stereocenters. The van der Waals surface area contributed by atoms with E-state index in [2.05, 4.69) is 15.0 Å². The van der Waals surface area contributed by atoms with E-state index in [4.69, 9.17) is 0 Å². The van der Waals surface area contributed by atoms with Gasteiger partial charge in [0.2, 0.25) is 15.9 Å². The van der Waals surface area contributed by atoms with Gasteiger partial charge in [-0.05, 0) is 24.1 Å². The van der Waals surface area contributed by atoms with E-state index < -0.39 is 10.0 Å². The Bertz CT molecular complexity index is 766. The Morgan fingerprint density at radius 1 is 1.38 bits per heavy atom. The molecule has 1 aromatic carbocycles. The highest BCUT2D eigenvalue weighted by atomic mass is 32.2. The number of rotatable bonds is 5. The number of nitrogens with one attached hydrogen (secondary N) is 2. The van der Waals surface area contributed by atoms with Crippen molar-refractivity contribution >= 4 is 42.6 Å². The molecule has 2 N–H and O–H groups in total. The Morgan fingerprint density at radius 3 is 2.71 bits per heavy atom.